The molecule has 2 rings (SSSR count). The second kappa shape index (κ2) is 6.07. The van der Waals surface area contributed by atoms with E-state index >= 15 is 0 Å². The first-order valence-electron chi connectivity index (χ1n) is 6.11. The molecule has 1 heterocycles. The van der Waals surface area contributed by atoms with Crippen LogP contribution in [0.25, 0.3) is 0 Å². The van der Waals surface area contributed by atoms with Crippen molar-refractivity contribution in [2.45, 2.75) is 18.9 Å². The van der Waals surface area contributed by atoms with Crippen molar-refractivity contribution < 1.29 is 9.90 Å². The van der Waals surface area contributed by atoms with Crippen molar-refractivity contribution in [3.63, 3.8) is 0 Å². The summed E-state index contributed by atoms with van der Waals surface area (Å²) in [5, 5.41) is 12.6. The van der Waals surface area contributed by atoms with Crippen molar-refractivity contribution in [1.29, 1.82) is 0 Å². The normalized spacial score (nSPS) is 19.2. The number of carboxylic acid groups (broad SMARTS) is 1. The van der Waals surface area contributed by atoms with E-state index in [-0.39, 0.29) is 6.42 Å². The zero-order valence-electron chi connectivity index (χ0n) is 10.1. The number of carboxylic acids is 1. The van der Waals surface area contributed by atoms with Crippen LogP contribution >= 0.6 is 11.6 Å². The summed E-state index contributed by atoms with van der Waals surface area (Å²) in [4.78, 5) is 12.7. The van der Waals surface area contributed by atoms with Gasteiger partial charge in [-0.25, -0.2) is 0 Å². The van der Waals surface area contributed by atoms with Crippen LogP contribution in [0.1, 0.15) is 12.8 Å². The van der Waals surface area contributed by atoms with Gasteiger partial charge < -0.3 is 15.3 Å². The van der Waals surface area contributed by atoms with Gasteiger partial charge in [0.05, 0.1) is 17.1 Å². The molecule has 0 spiro atoms. The Morgan fingerprint density at radius 1 is 1.50 bits per heavy atom. The highest BCUT2D eigenvalue weighted by Crippen LogP contribution is 2.28. The lowest BCUT2D eigenvalue weighted by atomic mass is 10.2. The lowest BCUT2D eigenvalue weighted by molar-refractivity contribution is -0.136. The van der Waals surface area contributed by atoms with Gasteiger partial charge >= 0.3 is 5.97 Å². The van der Waals surface area contributed by atoms with E-state index in [2.05, 4.69) is 10.2 Å². The van der Waals surface area contributed by atoms with Crippen molar-refractivity contribution in [2.75, 3.05) is 24.5 Å². The summed E-state index contributed by atoms with van der Waals surface area (Å²) in [6.07, 6.45) is 1.19. The monoisotopic (exact) mass is 268 g/mol. The predicted octanol–water partition coefficient (Wildman–Crippen LogP) is 1.98. The van der Waals surface area contributed by atoms with Crippen LogP contribution in [0.5, 0.6) is 0 Å². The van der Waals surface area contributed by atoms with E-state index in [0.29, 0.717) is 12.6 Å². The molecule has 0 saturated carbocycles. The second-order valence-corrected chi connectivity index (χ2v) is 4.89. The third-order valence-electron chi connectivity index (χ3n) is 3.15. The first kappa shape index (κ1) is 13.2. The molecule has 0 amide bonds. The Balaban J connectivity index is 1.85. The van der Waals surface area contributed by atoms with Crippen molar-refractivity contribution in [2.24, 2.45) is 0 Å². The van der Waals surface area contributed by atoms with E-state index in [1.54, 1.807) is 0 Å². The molecule has 2 N–H and O–H groups in total. The number of rotatable bonds is 5. The molecule has 1 aromatic carbocycles. The Bertz CT molecular complexity index is 425. The van der Waals surface area contributed by atoms with Crippen LogP contribution in [-0.2, 0) is 4.79 Å². The van der Waals surface area contributed by atoms with Crippen LogP contribution in [-0.4, -0.2) is 36.8 Å². The van der Waals surface area contributed by atoms with Crippen molar-refractivity contribution in [1.82, 2.24) is 5.32 Å². The number of aliphatic carboxylic acids is 1. The van der Waals surface area contributed by atoms with Crippen molar-refractivity contribution >= 4 is 23.3 Å². The predicted molar refractivity (Wildman–Crippen MR) is 72.3 cm³/mol. The molecule has 1 aromatic rings. The van der Waals surface area contributed by atoms with Crippen LogP contribution in [0, 0.1) is 0 Å². The molecule has 4 nitrogen and oxygen atoms in total. The minimum absolute atomic E-state index is 0.169. The third kappa shape index (κ3) is 3.37. The maximum atomic E-state index is 10.4. The second-order valence-electron chi connectivity index (χ2n) is 4.48. The highest BCUT2D eigenvalue weighted by molar-refractivity contribution is 6.33. The number of nitrogens with one attached hydrogen (secondary N) is 1. The number of halogens is 1. The van der Waals surface area contributed by atoms with Crippen LogP contribution in [0.4, 0.5) is 5.69 Å². The number of nitrogens with zero attached hydrogens (tertiary/aromatic N) is 1. The van der Waals surface area contributed by atoms with Crippen molar-refractivity contribution in [3.05, 3.63) is 29.3 Å². The van der Waals surface area contributed by atoms with E-state index in [0.717, 1.165) is 30.2 Å². The minimum Gasteiger partial charge on any atom is -0.481 e. The topological polar surface area (TPSA) is 52.6 Å². The quantitative estimate of drug-likeness (QED) is 0.858. The average Bonchev–Trinajstić information content (AvgIpc) is 2.78. The molecule has 1 atom stereocenters. The van der Waals surface area contributed by atoms with Gasteiger partial charge in [0, 0.05) is 25.7 Å². The van der Waals surface area contributed by atoms with Gasteiger partial charge in [-0.1, -0.05) is 23.7 Å². The lowest BCUT2D eigenvalue weighted by Crippen LogP contribution is -2.33. The molecule has 18 heavy (non-hydrogen) atoms. The lowest BCUT2D eigenvalue weighted by Gasteiger charge is -2.20. The van der Waals surface area contributed by atoms with E-state index in [1.807, 2.05) is 24.3 Å². The van der Waals surface area contributed by atoms with E-state index in [9.17, 15) is 4.79 Å². The van der Waals surface area contributed by atoms with Crippen LogP contribution in [0.2, 0.25) is 5.02 Å². The molecular weight excluding hydrogens is 252 g/mol. The molecule has 5 heteroatoms. The van der Waals surface area contributed by atoms with Gasteiger partial charge in [-0.05, 0) is 18.6 Å². The Kier molecular flexibility index (Phi) is 4.44. The number of benzene rings is 1. The Labute approximate surface area is 112 Å². The molecule has 1 saturated heterocycles. The van der Waals surface area contributed by atoms with Crippen LogP contribution in [0.15, 0.2) is 24.3 Å². The van der Waals surface area contributed by atoms with Gasteiger partial charge in [0.25, 0.3) is 0 Å². The molecule has 1 fully saturated rings. The fourth-order valence-electron chi connectivity index (χ4n) is 2.24. The number of hydrogen-bond acceptors (Lipinski definition) is 3. The fourth-order valence-corrected chi connectivity index (χ4v) is 2.49. The summed E-state index contributed by atoms with van der Waals surface area (Å²) in [5.74, 6) is -0.761. The van der Waals surface area contributed by atoms with E-state index in [4.69, 9.17) is 16.7 Å². The molecular formula is C13H17ClN2O2. The average molecular weight is 269 g/mol. The molecule has 1 aliphatic rings. The molecule has 0 aliphatic carbocycles. The minimum atomic E-state index is -0.761. The summed E-state index contributed by atoms with van der Waals surface area (Å²) in [7, 11) is 0. The van der Waals surface area contributed by atoms with E-state index in [1.165, 1.54) is 0 Å². The summed E-state index contributed by atoms with van der Waals surface area (Å²) >= 11 is 6.16. The Morgan fingerprint density at radius 2 is 2.28 bits per heavy atom. The summed E-state index contributed by atoms with van der Waals surface area (Å²) in [6, 6.07) is 8.15. The number of hydrogen-bond donors (Lipinski definition) is 2. The van der Waals surface area contributed by atoms with Gasteiger partial charge in [-0.15, -0.1) is 0 Å². The van der Waals surface area contributed by atoms with Gasteiger partial charge in [-0.2, -0.15) is 0 Å². The van der Waals surface area contributed by atoms with Gasteiger partial charge in [-0.3, -0.25) is 4.79 Å². The third-order valence-corrected chi connectivity index (χ3v) is 3.47. The summed E-state index contributed by atoms with van der Waals surface area (Å²) in [6.45, 7) is 2.36. The highest BCUT2D eigenvalue weighted by atomic mass is 35.5. The molecule has 0 bridgehead atoms. The number of para-hydroxylation sites is 1. The fraction of sp³-hybridized carbons (Fsp3) is 0.462. The number of carbonyl (C=O) groups is 1. The molecule has 0 aromatic heterocycles. The first-order chi connectivity index (χ1) is 8.66. The standard InChI is InChI=1S/C13H17ClN2O2/c14-11-3-1-2-4-12(11)16-8-6-10(9-16)15-7-5-13(17)18/h1-4,10,15H,5-9H2,(H,17,18). The SMILES string of the molecule is O=C(O)CCNC1CCN(c2ccccc2Cl)C1. The van der Waals surface area contributed by atoms with E-state index < -0.39 is 5.97 Å². The van der Waals surface area contributed by atoms with Gasteiger partial charge in [0.2, 0.25) is 0 Å². The molecule has 1 unspecified atom stereocenters. The summed E-state index contributed by atoms with van der Waals surface area (Å²) in [5.41, 5.74) is 1.06. The largest absolute Gasteiger partial charge is 0.481 e. The van der Waals surface area contributed by atoms with Crippen molar-refractivity contribution in [3.8, 4) is 0 Å². The molecule has 98 valence electrons. The van der Waals surface area contributed by atoms with Gasteiger partial charge in [0.1, 0.15) is 0 Å². The Hall–Kier alpha value is -1.26. The number of anilines is 1. The molecule has 1 aliphatic heterocycles. The first-order valence-corrected chi connectivity index (χ1v) is 6.49. The zero-order chi connectivity index (χ0) is 13.0. The van der Waals surface area contributed by atoms with Gasteiger partial charge in [0.15, 0.2) is 0 Å². The highest BCUT2D eigenvalue weighted by Gasteiger charge is 2.23. The maximum Gasteiger partial charge on any atom is 0.304 e. The smallest absolute Gasteiger partial charge is 0.304 e. The van der Waals surface area contributed by atoms with Crippen LogP contribution < -0.4 is 10.2 Å². The zero-order valence-corrected chi connectivity index (χ0v) is 10.9. The maximum absolute atomic E-state index is 10.4. The molecule has 0 radical (unpaired) electrons. The van der Waals surface area contributed by atoms with Crippen LogP contribution in [0.3, 0.4) is 0 Å². The Morgan fingerprint density at radius 3 is 3.00 bits per heavy atom. The summed E-state index contributed by atoms with van der Waals surface area (Å²) < 4.78 is 0.